The van der Waals surface area contributed by atoms with Crippen molar-refractivity contribution in [2.75, 3.05) is 26.2 Å². The van der Waals surface area contributed by atoms with Crippen molar-refractivity contribution in [3.63, 3.8) is 0 Å². The van der Waals surface area contributed by atoms with Crippen molar-refractivity contribution in [2.24, 2.45) is 5.92 Å². The molecular formula is C13H28N2. The molecule has 1 atom stereocenters. The Balaban J connectivity index is 2.08. The van der Waals surface area contributed by atoms with Gasteiger partial charge in [-0.2, -0.15) is 0 Å². The topological polar surface area (TPSA) is 15.3 Å². The highest BCUT2D eigenvalue weighted by Gasteiger charge is 2.17. The fraction of sp³-hybridized carbons (Fsp3) is 1.00. The molecule has 0 aromatic heterocycles. The lowest BCUT2D eigenvalue weighted by molar-refractivity contribution is 0.175. The van der Waals surface area contributed by atoms with E-state index >= 15 is 0 Å². The van der Waals surface area contributed by atoms with Gasteiger partial charge in [-0.25, -0.2) is 0 Å². The van der Waals surface area contributed by atoms with E-state index in [9.17, 15) is 0 Å². The highest BCUT2D eigenvalue weighted by atomic mass is 15.1. The lowest BCUT2D eigenvalue weighted by Crippen LogP contribution is -2.37. The summed E-state index contributed by atoms with van der Waals surface area (Å²) in [6.07, 6.45) is 5.52. The van der Waals surface area contributed by atoms with E-state index in [1.54, 1.807) is 0 Å². The average Bonchev–Trinajstić information content (AvgIpc) is 2.27. The number of likely N-dealkylation sites (tertiary alicyclic amines) is 1. The van der Waals surface area contributed by atoms with Gasteiger partial charge >= 0.3 is 0 Å². The number of nitrogens with one attached hydrogen (secondary N) is 1. The molecular weight excluding hydrogens is 184 g/mol. The van der Waals surface area contributed by atoms with Gasteiger partial charge in [0.05, 0.1) is 0 Å². The minimum absolute atomic E-state index is 0.680. The molecule has 0 aromatic carbocycles. The van der Waals surface area contributed by atoms with Crippen molar-refractivity contribution in [2.45, 2.75) is 52.5 Å². The normalized spacial score (nSPS) is 21.8. The van der Waals surface area contributed by atoms with Crippen LogP contribution in [0.2, 0.25) is 0 Å². The Bertz CT molecular complexity index is 151. The van der Waals surface area contributed by atoms with Gasteiger partial charge in [0.15, 0.2) is 0 Å². The molecule has 0 aromatic rings. The summed E-state index contributed by atoms with van der Waals surface area (Å²) < 4.78 is 0. The van der Waals surface area contributed by atoms with Crippen molar-refractivity contribution in [3.8, 4) is 0 Å². The predicted molar refractivity (Wildman–Crippen MR) is 67.2 cm³/mol. The van der Waals surface area contributed by atoms with Crippen LogP contribution in [-0.2, 0) is 0 Å². The molecule has 2 heteroatoms. The van der Waals surface area contributed by atoms with E-state index in [4.69, 9.17) is 0 Å². The Kier molecular flexibility index (Phi) is 6.26. The lowest BCUT2D eigenvalue weighted by Gasteiger charge is -2.32. The SMILES string of the molecule is CCNC(C)CCN1CCC(CC)CC1. The number of nitrogens with zero attached hydrogens (tertiary/aromatic N) is 1. The molecule has 90 valence electrons. The van der Waals surface area contributed by atoms with Crippen molar-refractivity contribution in [3.05, 3.63) is 0 Å². The van der Waals surface area contributed by atoms with Gasteiger partial charge in [-0.3, -0.25) is 0 Å². The van der Waals surface area contributed by atoms with E-state index in [0.717, 1.165) is 12.5 Å². The third-order valence-electron chi connectivity index (χ3n) is 3.72. The van der Waals surface area contributed by atoms with Gasteiger partial charge in [0.1, 0.15) is 0 Å². The van der Waals surface area contributed by atoms with Crippen LogP contribution in [-0.4, -0.2) is 37.1 Å². The maximum absolute atomic E-state index is 3.48. The number of hydrogen-bond acceptors (Lipinski definition) is 2. The van der Waals surface area contributed by atoms with Crippen LogP contribution in [0.4, 0.5) is 0 Å². The second-order valence-electron chi connectivity index (χ2n) is 4.94. The first-order valence-electron chi connectivity index (χ1n) is 6.72. The fourth-order valence-electron chi connectivity index (χ4n) is 2.45. The van der Waals surface area contributed by atoms with E-state index in [2.05, 4.69) is 31.0 Å². The Morgan fingerprint density at radius 2 is 1.93 bits per heavy atom. The standard InChI is InChI=1S/C13H28N2/c1-4-13-7-10-15(11-8-13)9-6-12(3)14-5-2/h12-14H,4-11H2,1-3H3. The molecule has 0 spiro atoms. The van der Waals surface area contributed by atoms with Crippen LogP contribution in [0.15, 0.2) is 0 Å². The summed E-state index contributed by atoms with van der Waals surface area (Å²) in [7, 11) is 0. The second-order valence-corrected chi connectivity index (χ2v) is 4.94. The summed E-state index contributed by atoms with van der Waals surface area (Å²) in [5.74, 6) is 1.01. The Morgan fingerprint density at radius 1 is 1.27 bits per heavy atom. The van der Waals surface area contributed by atoms with Gasteiger partial charge in [0.2, 0.25) is 0 Å². The van der Waals surface area contributed by atoms with E-state index in [1.807, 2.05) is 0 Å². The Labute approximate surface area is 95.4 Å². The van der Waals surface area contributed by atoms with Crippen molar-refractivity contribution in [1.82, 2.24) is 10.2 Å². The van der Waals surface area contributed by atoms with Crippen LogP contribution in [0.3, 0.4) is 0 Å². The molecule has 0 radical (unpaired) electrons. The zero-order valence-corrected chi connectivity index (χ0v) is 10.8. The minimum atomic E-state index is 0.680. The molecule has 1 unspecified atom stereocenters. The van der Waals surface area contributed by atoms with E-state index < -0.39 is 0 Å². The molecule has 1 saturated heterocycles. The first-order valence-corrected chi connectivity index (χ1v) is 6.72. The third kappa shape index (κ3) is 4.98. The molecule has 0 aliphatic carbocycles. The lowest BCUT2D eigenvalue weighted by atomic mass is 9.94. The van der Waals surface area contributed by atoms with E-state index in [-0.39, 0.29) is 0 Å². The van der Waals surface area contributed by atoms with Crippen molar-refractivity contribution >= 4 is 0 Å². The van der Waals surface area contributed by atoms with Gasteiger partial charge in [0, 0.05) is 6.04 Å². The molecule has 1 heterocycles. The Morgan fingerprint density at radius 3 is 2.47 bits per heavy atom. The van der Waals surface area contributed by atoms with Crippen LogP contribution in [0.25, 0.3) is 0 Å². The summed E-state index contributed by atoms with van der Waals surface area (Å²) in [5.41, 5.74) is 0. The highest BCUT2D eigenvalue weighted by molar-refractivity contribution is 4.72. The van der Waals surface area contributed by atoms with Crippen molar-refractivity contribution in [1.29, 1.82) is 0 Å². The Hall–Kier alpha value is -0.0800. The van der Waals surface area contributed by atoms with Gasteiger partial charge in [-0.1, -0.05) is 20.3 Å². The maximum Gasteiger partial charge on any atom is 0.00507 e. The number of rotatable bonds is 6. The van der Waals surface area contributed by atoms with Crippen LogP contribution < -0.4 is 5.32 Å². The summed E-state index contributed by atoms with van der Waals surface area (Å²) >= 11 is 0. The van der Waals surface area contributed by atoms with Crippen molar-refractivity contribution < 1.29 is 0 Å². The summed E-state index contributed by atoms with van der Waals surface area (Å²) in [5, 5.41) is 3.48. The summed E-state index contributed by atoms with van der Waals surface area (Å²) in [4.78, 5) is 2.64. The smallest absolute Gasteiger partial charge is 0.00507 e. The minimum Gasteiger partial charge on any atom is -0.314 e. The second kappa shape index (κ2) is 7.24. The molecule has 1 N–H and O–H groups in total. The monoisotopic (exact) mass is 212 g/mol. The molecule has 0 amide bonds. The molecule has 0 bridgehead atoms. The largest absolute Gasteiger partial charge is 0.314 e. The van der Waals surface area contributed by atoms with Gasteiger partial charge in [0.25, 0.3) is 0 Å². The fourth-order valence-corrected chi connectivity index (χ4v) is 2.45. The van der Waals surface area contributed by atoms with E-state index in [0.29, 0.717) is 6.04 Å². The third-order valence-corrected chi connectivity index (χ3v) is 3.72. The van der Waals surface area contributed by atoms with Crippen LogP contribution >= 0.6 is 0 Å². The van der Waals surface area contributed by atoms with Gasteiger partial charge in [-0.15, -0.1) is 0 Å². The molecule has 2 nitrogen and oxygen atoms in total. The predicted octanol–water partition coefficient (Wildman–Crippen LogP) is 2.50. The van der Waals surface area contributed by atoms with E-state index in [1.165, 1.54) is 45.3 Å². The molecule has 15 heavy (non-hydrogen) atoms. The first-order chi connectivity index (χ1) is 7.26. The average molecular weight is 212 g/mol. The zero-order valence-electron chi connectivity index (χ0n) is 10.8. The summed E-state index contributed by atoms with van der Waals surface area (Å²) in [6.45, 7) is 11.8. The van der Waals surface area contributed by atoms with Crippen LogP contribution in [0.5, 0.6) is 0 Å². The molecule has 1 aliphatic rings. The molecule has 0 saturated carbocycles. The molecule has 1 fully saturated rings. The maximum atomic E-state index is 3.48. The highest BCUT2D eigenvalue weighted by Crippen LogP contribution is 2.19. The zero-order chi connectivity index (χ0) is 11.1. The first kappa shape index (κ1) is 13.0. The van der Waals surface area contributed by atoms with Crippen LogP contribution in [0, 0.1) is 5.92 Å². The van der Waals surface area contributed by atoms with Crippen LogP contribution in [0.1, 0.15) is 46.5 Å². The number of hydrogen-bond donors (Lipinski definition) is 1. The molecule has 1 aliphatic heterocycles. The number of piperidine rings is 1. The summed E-state index contributed by atoms with van der Waals surface area (Å²) in [6, 6.07) is 0.680. The molecule has 1 rings (SSSR count). The van der Waals surface area contributed by atoms with Gasteiger partial charge < -0.3 is 10.2 Å². The quantitative estimate of drug-likeness (QED) is 0.728. The van der Waals surface area contributed by atoms with Gasteiger partial charge in [-0.05, 0) is 58.3 Å².